The summed E-state index contributed by atoms with van der Waals surface area (Å²) in [6, 6.07) is -15.4. The normalized spacial score (nSPS) is 23.9. The van der Waals surface area contributed by atoms with Crippen molar-refractivity contribution in [1.82, 2.24) is 58.5 Å². The molecule has 0 aromatic rings. The molecule has 0 saturated carbocycles. The number of aliphatic hydroxyl groups excluding tert-OH is 3. The smallest absolute Gasteiger partial charge is 0.245 e. The Bertz CT molecular complexity index is 2010. The van der Waals surface area contributed by atoms with E-state index in [1.807, 2.05) is 13.8 Å². The first-order chi connectivity index (χ1) is 37.1. The highest BCUT2D eigenvalue weighted by atomic mass is 16.3. The summed E-state index contributed by atoms with van der Waals surface area (Å²) in [5, 5.41) is 59.2. The molecule has 79 heavy (non-hydrogen) atoms. The largest absolute Gasteiger partial charge is 0.391 e. The predicted molar refractivity (Wildman–Crippen MR) is 288 cm³/mol. The van der Waals surface area contributed by atoms with Gasteiger partial charge in [0.05, 0.1) is 18.3 Å². The number of nitrogens with one attached hydrogen (secondary N) is 11. The molecule has 0 aromatic heterocycles. The lowest BCUT2D eigenvalue weighted by Crippen LogP contribution is -2.62. The fraction of sp³-hybridized carbons (Fsp3) is 0.776. The molecule has 1 heterocycles. The van der Waals surface area contributed by atoms with Crippen molar-refractivity contribution < 1.29 is 68.1 Å². The summed E-state index contributed by atoms with van der Waals surface area (Å²) >= 11 is 0. The number of carbonyl (C=O) groups is 11. The van der Waals surface area contributed by atoms with E-state index in [0.717, 1.165) is 6.42 Å². The van der Waals surface area contributed by atoms with Gasteiger partial charge in [0, 0.05) is 13.0 Å². The minimum atomic E-state index is -1.73. The van der Waals surface area contributed by atoms with Crippen LogP contribution >= 0.6 is 0 Å². The minimum Gasteiger partial charge on any atom is -0.391 e. The Morgan fingerprint density at radius 2 is 0.949 bits per heavy atom. The standard InChI is InChI=1S/C49H92N16O14/c1-24(2)9-8-10-36(69)56-29(11-17-50)44(74)64-38(27(6)67)48(78)61-32(14-20-53)41(71)59-34-16-22-55-47(77)37(26(5)66)63-45(75)33(15-21-54)58-40(70)31(13-19-52)60-49(79)39(28(7)68)65-46(76)35(23-25(3)4)62-42(72)30(12-18-51)57-43(34)73/h24-35,37-39,66-68H,8-23,50-54H2,1-7H3,(H,55,77)(H,56,69)(H,57,73)(H,58,70)(H,59,71)(H,60,79)(H,61,78)(H,62,72)(H,63,75)(H,64,74)(H,65,76)/t26-,27-,28-,29+,30+,31+,32-,33+,34+,35-,37+,38+,39+/m1/s1. The second-order valence-electron chi connectivity index (χ2n) is 20.5. The van der Waals surface area contributed by atoms with E-state index < -0.39 is 157 Å². The Kier molecular flexibility index (Phi) is 33.1. The summed E-state index contributed by atoms with van der Waals surface area (Å²) in [5.41, 5.74) is 29.0. The number of carbonyl (C=O) groups excluding carboxylic acids is 11. The molecule has 30 heteroatoms. The first-order valence-electron chi connectivity index (χ1n) is 27.0. The van der Waals surface area contributed by atoms with Crippen LogP contribution in [0.2, 0.25) is 0 Å². The highest BCUT2D eigenvalue weighted by Crippen LogP contribution is 2.11. The van der Waals surface area contributed by atoms with E-state index in [1.165, 1.54) is 20.8 Å². The van der Waals surface area contributed by atoms with Crippen LogP contribution in [0.4, 0.5) is 0 Å². The fourth-order valence-electron chi connectivity index (χ4n) is 8.13. The van der Waals surface area contributed by atoms with Crippen molar-refractivity contribution >= 4 is 65.0 Å². The van der Waals surface area contributed by atoms with Gasteiger partial charge >= 0.3 is 0 Å². The van der Waals surface area contributed by atoms with E-state index in [0.29, 0.717) is 12.3 Å². The molecule has 1 saturated heterocycles. The van der Waals surface area contributed by atoms with Crippen LogP contribution in [0, 0.1) is 11.8 Å². The first kappa shape index (κ1) is 70.9. The van der Waals surface area contributed by atoms with Gasteiger partial charge in [0.25, 0.3) is 0 Å². The fourth-order valence-corrected chi connectivity index (χ4v) is 8.13. The zero-order chi connectivity index (χ0) is 60.1. The number of aliphatic hydroxyl groups is 3. The van der Waals surface area contributed by atoms with Gasteiger partial charge in [-0.15, -0.1) is 0 Å². The Labute approximate surface area is 461 Å². The number of amides is 11. The van der Waals surface area contributed by atoms with Crippen LogP contribution in [0.1, 0.15) is 113 Å². The number of nitrogens with two attached hydrogens (primary N) is 5. The van der Waals surface area contributed by atoms with Gasteiger partial charge in [-0.1, -0.05) is 34.1 Å². The van der Waals surface area contributed by atoms with E-state index >= 15 is 0 Å². The van der Waals surface area contributed by atoms with Crippen LogP contribution in [0.25, 0.3) is 0 Å². The van der Waals surface area contributed by atoms with E-state index in [1.54, 1.807) is 13.8 Å². The molecular formula is C49H92N16O14. The third-order valence-corrected chi connectivity index (χ3v) is 12.5. The Morgan fingerprint density at radius 1 is 0.506 bits per heavy atom. The molecule has 24 N–H and O–H groups in total. The molecule has 0 bridgehead atoms. The van der Waals surface area contributed by atoms with Crippen molar-refractivity contribution in [3.05, 3.63) is 0 Å². The van der Waals surface area contributed by atoms with Crippen LogP contribution in [0.3, 0.4) is 0 Å². The number of hydrogen-bond donors (Lipinski definition) is 19. The zero-order valence-electron chi connectivity index (χ0n) is 46.7. The van der Waals surface area contributed by atoms with Crippen molar-refractivity contribution in [3.8, 4) is 0 Å². The molecule has 0 aromatic carbocycles. The van der Waals surface area contributed by atoms with Crippen LogP contribution in [0.15, 0.2) is 0 Å². The maximum absolute atomic E-state index is 14.3. The molecule has 1 rings (SSSR count). The zero-order valence-corrected chi connectivity index (χ0v) is 46.7. The van der Waals surface area contributed by atoms with Crippen LogP contribution in [0.5, 0.6) is 0 Å². The van der Waals surface area contributed by atoms with Crippen molar-refractivity contribution in [2.24, 2.45) is 40.5 Å². The summed E-state index contributed by atoms with van der Waals surface area (Å²) in [6.07, 6.45) is -4.78. The molecule has 0 spiro atoms. The van der Waals surface area contributed by atoms with E-state index in [2.05, 4.69) is 58.5 Å². The maximum atomic E-state index is 14.3. The Balaban J connectivity index is 3.83. The lowest BCUT2D eigenvalue weighted by Gasteiger charge is -2.29. The van der Waals surface area contributed by atoms with Gasteiger partial charge in [-0.25, -0.2) is 0 Å². The van der Waals surface area contributed by atoms with E-state index in [-0.39, 0.29) is 83.6 Å². The molecule has 0 aliphatic carbocycles. The summed E-state index contributed by atoms with van der Waals surface area (Å²) in [5.74, 6) is -10.3. The summed E-state index contributed by atoms with van der Waals surface area (Å²) in [6.45, 7) is 9.71. The molecule has 1 fully saturated rings. The molecule has 452 valence electrons. The molecule has 0 radical (unpaired) electrons. The van der Waals surface area contributed by atoms with Crippen LogP contribution in [-0.4, -0.2) is 198 Å². The lowest BCUT2D eigenvalue weighted by atomic mass is 10.0. The van der Waals surface area contributed by atoms with Crippen molar-refractivity contribution in [1.29, 1.82) is 0 Å². The van der Waals surface area contributed by atoms with Gasteiger partial charge in [0.2, 0.25) is 65.0 Å². The molecular weight excluding hydrogens is 1040 g/mol. The monoisotopic (exact) mass is 1130 g/mol. The van der Waals surface area contributed by atoms with Gasteiger partial charge in [-0.05, 0) is 117 Å². The first-order valence-corrected chi connectivity index (χ1v) is 27.0. The van der Waals surface area contributed by atoms with Crippen LogP contribution in [-0.2, 0) is 52.7 Å². The Hall–Kier alpha value is -6.15. The Morgan fingerprint density at radius 3 is 1.41 bits per heavy atom. The van der Waals surface area contributed by atoms with Gasteiger partial charge in [-0.3, -0.25) is 52.7 Å². The third-order valence-electron chi connectivity index (χ3n) is 12.5. The summed E-state index contributed by atoms with van der Waals surface area (Å²) < 4.78 is 0. The molecule has 1 aliphatic heterocycles. The second-order valence-corrected chi connectivity index (χ2v) is 20.5. The molecule has 11 amide bonds. The third kappa shape index (κ3) is 25.7. The second kappa shape index (κ2) is 36.9. The molecule has 1 aliphatic rings. The predicted octanol–water partition coefficient (Wildman–Crippen LogP) is -7.89. The minimum absolute atomic E-state index is 0.0241. The summed E-state index contributed by atoms with van der Waals surface area (Å²) in [4.78, 5) is 151. The molecule has 13 atom stereocenters. The van der Waals surface area contributed by atoms with Gasteiger partial charge < -0.3 is 102 Å². The SMILES string of the molecule is CC(C)CCCC(=O)N[C@@H](CCN)C(=O)N[C@H](C(=O)N[C@H](CCN)C(=O)N[C@H]1CCNC(=O)[C@H]([C@@H](C)O)NC(=O)[C@H](CCN)NC(=O)[C@H](CCN)NC(=O)[C@H]([C@@H](C)O)NC(=O)[C@@H](CC(C)C)NC(=O)[C@H](CCN)NC1=O)[C@@H](C)O. The maximum Gasteiger partial charge on any atom is 0.245 e. The topological polar surface area (TPSA) is 511 Å². The average molecular weight is 1130 g/mol. The number of hydrogen-bond acceptors (Lipinski definition) is 19. The van der Waals surface area contributed by atoms with Crippen LogP contribution < -0.4 is 87.2 Å². The molecule has 0 unspecified atom stereocenters. The van der Waals surface area contributed by atoms with Gasteiger partial charge in [0.1, 0.15) is 60.4 Å². The number of rotatable bonds is 26. The van der Waals surface area contributed by atoms with Crippen molar-refractivity contribution in [3.63, 3.8) is 0 Å². The van der Waals surface area contributed by atoms with Crippen molar-refractivity contribution in [2.75, 3.05) is 39.3 Å². The van der Waals surface area contributed by atoms with E-state index in [4.69, 9.17) is 28.7 Å². The van der Waals surface area contributed by atoms with Gasteiger partial charge in [-0.2, -0.15) is 0 Å². The van der Waals surface area contributed by atoms with E-state index in [9.17, 15) is 68.1 Å². The molecule has 30 nitrogen and oxygen atoms in total. The highest BCUT2D eigenvalue weighted by molar-refractivity contribution is 5.99. The lowest BCUT2D eigenvalue weighted by molar-refractivity contribution is -0.137. The summed E-state index contributed by atoms with van der Waals surface area (Å²) in [7, 11) is 0. The highest BCUT2D eigenvalue weighted by Gasteiger charge is 2.38. The quantitative estimate of drug-likeness (QED) is 0.0382. The average Bonchev–Trinajstić information content (AvgIpc) is 3.36. The van der Waals surface area contributed by atoms with Gasteiger partial charge in [0.15, 0.2) is 0 Å². The van der Waals surface area contributed by atoms with Crippen molar-refractivity contribution in [2.45, 2.75) is 191 Å².